The number of esters is 1. The molecule has 0 radical (unpaired) electrons. The van der Waals surface area contributed by atoms with Gasteiger partial charge in [0.15, 0.2) is 0 Å². The highest BCUT2D eigenvalue weighted by molar-refractivity contribution is 5.99. The molecular weight excluding hydrogens is 206 g/mol. The van der Waals surface area contributed by atoms with Crippen molar-refractivity contribution in [1.82, 2.24) is 0 Å². The fourth-order valence-corrected chi connectivity index (χ4v) is 1.59. The van der Waals surface area contributed by atoms with Gasteiger partial charge in [-0.1, -0.05) is 6.07 Å². The number of carbonyl (C=O) groups excluding carboxylic acids is 2. The van der Waals surface area contributed by atoms with Gasteiger partial charge in [0, 0.05) is 11.8 Å². The molecule has 1 aliphatic heterocycles. The molecule has 1 amide bonds. The smallest absolute Gasteiger partial charge is 0.330 e. The number of amides is 1. The van der Waals surface area contributed by atoms with Crippen molar-refractivity contribution in [1.29, 1.82) is 0 Å². The summed E-state index contributed by atoms with van der Waals surface area (Å²) in [6.07, 6.45) is 3.41. The summed E-state index contributed by atoms with van der Waals surface area (Å²) in [6, 6.07) is 5.55. The average Bonchev–Trinajstić information content (AvgIpc) is 2.65. The summed E-state index contributed by atoms with van der Waals surface area (Å²) in [4.78, 5) is 22.0. The van der Waals surface area contributed by atoms with E-state index in [1.807, 2.05) is 18.2 Å². The number of fused-ring (bicyclic) bond motifs is 1. The number of hydrogen-bond acceptors (Lipinski definition) is 3. The van der Waals surface area contributed by atoms with Crippen molar-refractivity contribution in [3.05, 3.63) is 35.4 Å². The van der Waals surface area contributed by atoms with E-state index in [1.165, 1.54) is 13.2 Å². The molecule has 1 heterocycles. The van der Waals surface area contributed by atoms with E-state index in [-0.39, 0.29) is 5.91 Å². The van der Waals surface area contributed by atoms with Crippen molar-refractivity contribution in [2.45, 2.75) is 6.42 Å². The second kappa shape index (κ2) is 4.18. The van der Waals surface area contributed by atoms with Crippen molar-refractivity contribution in [3.8, 4) is 0 Å². The minimum Gasteiger partial charge on any atom is -0.466 e. The molecule has 82 valence electrons. The van der Waals surface area contributed by atoms with Gasteiger partial charge >= 0.3 is 5.97 Å². The van der Waals surface area contributed by atoms with Gasteiger partial charge in [0.25, 0.3) is 0 Å². The van der Waals surface area contributed by atoms with E-state index in [9.17, 15) is 9.59 Å². The van der Waals surface area contributed by atoms with Crippen LogP contribution in [-0.2, 0) is 20.7 Å². The molecule has 2 rings (SSSR count). The van der Waals surface area contributed by atoms with Gasteiger partial charge < -0.3 is 10.1 Å². The summed E-state index contributed by atoms with van der Waals surface area (Å²) in [6.45, 7) is 0. The molecule has 0 unspecified atom stereocenters. The van der Waals surface area contributed by atoms with Gasteiger partial charge in [0.2, 0.25) is 5.91 Å². The molecule has 0 aromatic heterocycles. The molecule has 0 spiro atoms. The van der Waals surface area contributed by atoms with Crippen LogP contribution in [0.5, 0.6) is 0 Å². The molecule has 1 aromatic carbocycles. The van der Waals surface area contributed by atoms with Crippen molar-refractivity contribution >= 4 is 23.6 Å². The molecule has 4 nitrogen and oxygen atoms in total. The second-order valence-electron chi connectivity index (χ2n) is 3.50. The molecule has 0 saturated heterocycles. The maximum Gasteiger partial charge on any atom is 0.330 e. The molecule has 0 bridgehead atoms. The molecule has 1 N–H and O–H groups in total. The van der Waals surface area contributed by atoms with Crippen LogP contribution in [0.2, 0.25) is 0 Å². The van der Waals surface area contributed by atoms with Crippen LogP contribution in [0.3, 0.4) is 0 Å². The quantitative estimate of drug-likeness (QED) is 0.601. The third-order valence-electron chi connectivity index (χ3n) is 2.37. The predicted octanol–water partition coefficient (Wildman–Crippen LogP) is 1.37. The minimum atomic E-state index is -0.394. The van der Waals surface area contributed by atoms with Crippen LogP contribution in [0.15, 0.2) is 24.3 Å². The number of benzene rings is 1. The van der Waals surface area contributed by atoms with Crippen LogP contribution in [0.1, 0.15) is 11.1 Å². The SMILES string of the molecule is COC(=O)C=Cc1ccc2c(c1)CC(=O)N2. The maximum absolute atomic E-state index is 11.1. The lowest BCUT2D eigenvalue weighted by atomic mass is 10.1. The minimum absolute atomic E-state index is 0.00379. The number of ether oxygens (including phenoxy) is 1. The Kier molecular flexibility index (Phi) is 2.72. The second-order valence-corrected chi connectivity index (χ2v) is 3.50. The van der Waals surface area contributed by atoms with Crippen LogP contribution in [0.25, 0.3) is 6.08 Å². The highest BCUT2D eigenvalue weighted by atomic mass is 16.5. The Morgan fingerprint density at radius 1 is 1.50 bits per heavy atom. The van der Waals surface area contributed by atoms with E-state index in [4.69, 9.17) is 0 Å². The molecule has 1 aliphatic rings. The Balaban J connectivity index is 2.20. The van der Waals surface area contributed by atoms with Gasteiger partial charge in [0.1, 0.15) is 0 Å². The summed E-state index contributed by atoms with van der Waals surface area (Å²) >= 11 is 0. The summed E-state index contributed by atoms with van der Waals surface area (Å²) in [5.74, 6) is -0.390. The topological polar surface area (TPSA) is 55.4 Å². The van der Waals surface area contributed by atoms with Gasteiger partial charge in [-0.3, -0.25) is 4.79 Å². The number of methoxy groups -OCH3 is 1. The first-order valence-electron chi connectivity index (χ1n) is 4.88. The van der Waals surface area contributed by atoms with E-state index in [1.54, 1.807) is 6.08 Å². The molecule has 1 aromatic rings. The summed E-state index contributed by atoms with van der Waals surface area (Å²) in [5, 5.41) is 2.75. The number of nitrogens with one attached hydrogen (secondary N) is 1. The number of carbonyl (C=O) groups is 2. The van der Waals surface area contributed by atoms with Gasteiger partial charge in [-0.05, 0) is 29.3 Å². The first kappa shape index (κ1) is 10.4. The Morgan fingerprint density at radius 2 is 2.31 bits per heavy atom. The highest BCUT2D eigenvalue weighted by Crippen LogP contribution is 2.24. The van der Waals surface area contributed by atoms with Crippen LogP contribution >= 0.6 is 0 Å². The van der Waals surface area contributed by atoms with E-state index in [0.29, 0.717) is 6.42 Å². The van der Waals surface area contributed by atoms with E-state index in [0.717, 1.165) is 16.8 Å². The summed E-state index contributed by atoms with van der Waals surface area (Å²) in [5.41, 5.74) is 2.68. The van der Waals surface area contributed by atoms with Crippen LogP contribution in [-0.4, -0.2) is 19.0 Å². The van der Waals surface area contributed by atoms with E-state index >= 15 is 0 Å². The van der Waals surface area contributed by atoms with Gasteiger partial charge in [0.05, 0.1) is 13.5 Å². The number of anilines is 1. The first-order chi connectivity index (χ1) is 7.69. The van der Waals surface area contributed by atoms with Crippen molar-refractivity contribution in [2.24, 2.45) is 0 Å². The zero-order valence-electron chi connectivity index (χ0n) is 8.82. The fourth-order valence-electron chi connectivity index (χ4n) is 1.59. The molecule has 16 heavy (non-hydrogen) atoms. The fraction of sp³-hybridized carbons (Fsp3) is 0.167. The van der Waals surface area contributed by atoms with Crippen LogP contribution < -0.4 is 5.32 Å². The largest absolute Gasteiger partial charge is 0.466 e. The van der Waals surface area contributed by atoms with Crippen molar-refractivity contribution in [3.63, 3.8) is 0 Å². The van der Waals surface area contributed by atoms with Gasteiger partial charge in [-0.25, -0.2) is 4.79 Å². The van der Waals surface area contributed by atoms with Crippen molar-refractivity contribution < 1.29 is 14.3 Å². The Morgan fingerprint density at radius 3 is 3.06 bits per heavy atom. The summed E-state index contributed by atoms with van der Waals surface area (Å²) in [7, 11) is 1.33. The molecule has 0 aliphatic carbocycles. The third kappa shape index (κ3) is 2.11. The van der Waals surface area contributed by atoms with Crippen LogP contribution in [0, 0.1) is 0 Å². The summed E-state index contributed by atoms with van der Waals surface area (Å²) < 4.78 is 4.49. The molecule has 4 heteroatoms. The Bertz CT molecular complexity index is 477. The normalized spacial score (nSPS) is 13.7. The standard InChI is InChI=1S/C12H11NO3/c1-16-12(15)5-3-8-2-4-10-9(6-8)7-11(14)13-10/h2-6H,7H2,1H3,(H,13,14). The third-order valence-corrected chi connectivity index (χ3v) is 2.37. The van der Waals surface area contributed by atoms with Gasteiger partial charge in [-0.2, -0.15) is 0 Å². The maximum atomic E-state index is 11.1. The average molecular weight is 217 g/mol. The number of hydrogen-bond donors (Lipinski definition) is 1. The molecule has 0 saturated carbocycles. The lowest BCUT2D eigenvalue weighted by Gasteiger charge is -1.99. The molecule has 0 atom stereocenters. The Labute approximate surface area is 92.9 Å². The van der Waals surface area contributed by atoms with Crippen molar-refractivity contribution in [2.75, 3.05) is 12.4 Å². The zero-order chi connectivity index (χ0) is 11.5. The van der Waals surface area contributed by atoms with Crippen LogP contribution in [0.4, 0.5) is 5.69 Å². The molecule has 0 fully saturated rings. The van der Waals surface area contributed by atoms with E-state index in [2.05, 4.69) is 10.1 Å². The van der Waals surface area contributed by atoms with E-state index < -0.39 is 5.97 Å². The first-order valence-corrected chi connectivity index (χ1v) is 4.88. The zero-order valence-corrected chi connectivity index (χ0v) is 8.82. The monoisotopic (exact) mass is 217 g/mol. The number of rotatable bonds is 2. The Hall–Kier alpha value is -2.10. The van der Waals surface area contributed by atoms with Gasteiger partial charge in [-0.15, -0.1) is 0 Å². The lowest BCUT2D eigenvalue weighted by Crippen LogP contribution is -2.03. The predicted molar refractivity (Wildman–Crippen MR) is 59.8 cm³/mol. The molecular formula is C12H11NO3. The lowest BCUT2D eigenvalue weighted by molar-refractivity contribution is -0.134. The highest BCUT2D eigenvalue weighted by Gasteiger charge is 2.16.